The van der Waals surface area contributed by atoms with Crippen molar-refractivity contribution in [2.45, 2.75) is 43.8 Å². The Morgan fingerprint density at radius 3 is 2.26 bits per heavy atom. The lowest BCUT2D eigenvalue weighted by Crippen LogP contribution is -2.55. The lowest BCUT2D eigenvalue weighted by atomic mass is 9.89. The number of hydrogen-bond acceptors (Lipinski definition) is 5. The summed E-state index contributed by atoms with van der Waals surface area (Å²) in [5.74, 6) is -2.72. The van der Waals surface area contributed by atoms with E-state index in [1.165, 1.54) is 4.90 Å². The maximum absolute atomic E-state index is 14.1. The van der Waals surface area contributed by atoms with Crippen LogP contribution in [-0.2, 0) is 10.4 Å². The Balaban J connectivity index is 1.36. The number of nitrogens with zero attached hydrogens (tertiary/aromatic N) is 3. The zero-order valence-corrected chi connectivity index (χ0v) is 24.5. The van der Waals surface area contributed by atoms with Gasteiger partial charge in [-0.1, -0.05) is 23.7 Å². The lowest BCUT2D eigenvalue weighted by Gasteiger charge is -2.35. The molecule has 2 aromatic rings. The van der Waals surface area contributed by atoms with Crippen LogP contribution in [0.3, 0.4) is 0 Å². The van der Waals surface area contributed by atoms with Crippen molar-refractivity contribution in [1.82, 2.24) is 9.80 Å². The topological polar surface area (TPSA) is 73.3 Å². The summed E-state index contributed by atoms with van der Waals surface area (Å²) in [6, 6.07) is 8.00. The predicted octanol–water partition coefficient (Wildman–Crippen LogP) is 5.85. The van der Waals surface area contributed by atoms with Gasteiger partial charge in [0.2, 0.25) is 0 Å². The standard InChI is InChI=1S/C29H32ClF6N3O4/c1-37(2)24(40)22-8-7-20(16-23(22)30)39-13-10-26(11-14-39)17-19(26)9-12-38(3)25(41)27(42,28(31,32)33)18-5-4-6-21(15-18)43-29(34,35)36/h4-8,15-16,19,42H,9-14,17H2,1-3H3/t19-,27+/m0/s1. The van der Waals surface area contributed by atoms with Crippen molar-refractivity contribution in [3.63, 3.8) is 0 Å². The lowest BCUT2D eigenvalue weighted by molar-refractivity contribution is -0.274. The van der Waals surface area contributed by atoms with Gasteiger partial charge >= 0.3 is 12.5 Å². The van der Waals surface area contributed by atoms with E-state index in [4.69, 9.17) is 11.6 Å². The second-order valence-corrected chi connectivity index (χ2v) is 11.8. The highest BCUT2D eigenvalue weighted by molar-refractivity contribution is 6.34. The highest BCUT2D eigenvalue weighted by Crippen LogP contribution is 2.61. The summed E-state index contributed by atoms with van der Waals surface area (Å²) in [6.07, 6.45) is -7.78. The SMILES string of the molecule is CN(C)C(=O)c1ccc(N2CCC3(CC2)C[C@@H]3CCN(C)C(=O)[C@](O)(c2cccc(OC(F)(F)F)c2)C(F)(F)F)cc1Cl. The number of benzene rings is 2. The average molecular weight is 636 g/mol. The van der Waals surface area contributed by atoms with Crippen molar-refractivity contribution in [2.24, 2.45) is 11.3 Å². The summed E-state index contributed by atoms with van der Waals surface area (Å²) < 4.78 is 83.7. The number of ether oxygens (including phenoxy) is 1. The van der Waals surface area contributed by atoms with Gasteiger partial charge in [-0.3, -0.25) is 9.59 Å². The number of anilines is 1. The van der Waals surface area contributed by atoms with E-state index >= 15 is 0 Å². The molecule has 2 aromatic carbocycles. The van der Waals surface area contributed by atoms with E-state index in [0.29, 0.717) is 36.2 Å². The Labute approximate surface area is 249 Å². The van der Waals surface area contributed by atoms with E-state index in [1.807, 2.05) is 6.07 Å². The van der Waals surface area contributed by atoms with E-state index < -0.39 is 35.4 Å². The molecule has 1 spiro atoms. The number of halogens is 7. The highest BCUT2D eigenvalue weighted by atomic mass is 35.5. The van der Waals surface area contributed by atoms with Crippen molar-refractivity contribution in [3.05, 3.63) is 58.6 Å². The number of alkyl halides is 6. The van der Waals surface area contributed by atoms with Gasteiger partial charge in [-0.25, -0.2) is 0 Å². The quantitative estimate of drug-likeness (QED) is 0.369. The van der Waals surface area contributed by atoms with E-state index in [-0.39, 0.29) is 23.8 Å². The van der Waals surface area contributed by atoms with E-state index in [2.05, 4.69) is 9.64 Å². The molecule has 1 aliphatic carbocycles. The zero-order valence-electron chi connectivity index (χ0n) is 23.7. The van der Waals surface area contributed by atoms with Crippen molar-refractivity contribution in [2.75, 3.05) is 45.7 Å². The molecule has 2 aliphatic rings. The third kappa shape index (κ3) is 6.82. The van der Waals surface area contributed by atoms with Gasteiger partial charge in [-0.15, -0.1) is 13.2 Å². The monoisotopic (exact) mass is 635 g/mol. The molecule has 0 bridgehead atoms. The average Bonchev–Trinajstić information content (AvgIpc) is 3.60. The smallest absolute Gasteiger partial charge is 0.406 e. The number of hydrogen-bond donors (Lipinski definition) is 1. The van der Waals surface area contributed by atoms with Crippen molar-refractivity contribution in [3.8, 4) is 5.75 Å². The fourth-order valence-corrected chi connectivity index (χ4v) is 6.09. The van der Waals surface area contributed by atoms with Crippen LogP contribution in [0.4, 0.5) is 32.0 Å². The first-order chi connectivity index (χ1) is 19.9. The fraction of sp³-hybridized carbons (Fsp3) is 0.517. The summed E-state index contributed by atoms with van der Waals surface area (Å²) >= 11 is 6.36. The molecule has 7 nitrogen and oxygen atoms in total. The van der Waals surface area contributed by atoms with Crippen LogP contribution in [0.2, 0.25) is 5.02 Å². The molecular formula is C29H32ClF6N3O4. The number of aliphatic hydroxyl groups is 1. The summed E-state index contributed by atoms with van der Waals surface area (Å²) in [5, 5.41) is 11.0. The van der Waals surface area contributed by atoms with Crippen molar-refractivity contribution < 1.29 is 45.8 Å². The summed E-state index contributed by atoms with van der Waals surface area (Å²) in [5.41, 5.74) is -3.85. The Morgan fingerprint density at radius 1 is 1.05 bits per heavy atom. The molecule has 1 saturated heterocycles. The van der Waals surface area contributed by atoms with E-state index in [0.717, 1.165) is 55.1 Å². The second-order valence-electron chi connectivity index (χ2n) is 11.4. The van der Waals surface area contributed by atoms with Crippen LogP contribution in [0.15, 0.2) is 42.5 Å². The van der Waals surface area contributed by atoms with Gasteiger partial charge in [-0.2, -0.15) is 13.2 Å². The van der Waals surface area contributed by atoms with E-state index in [1.54, 1.807) is 26.2 Å². The molecule has 1 aliphatic heterocycles. The Bertz CT molecular complexity index is 1360. The maximum Gasteiger partial charge on any atom is 0.573 e. The number of rotatable bonds is 8. The van der Waals surface area contributed by atoms with Crippen LogP contribution >= 0.6 is 11.6 Å². The first-order valence-electron chi connectivity index (χ1n) is 13.5. The van der Waals surface area contributed by atoms with Crippen LogP contribution < -0.4 is 9.64 Å². The molecule has 2 amide bonds. The molecule has 2 fully saturated rings. The van der Waals surface area contributed by atoms with Gasteiger partial charge in [0.1, 0.15) is 5.75 Å². The molecule has 1 saturated carbocycles. The zero-order chi connectivity index (χ0) is 32.0. The van der Waals surface area contributed by atoms with Gasteiger partial charge in [0.25, 0.3) is 17.4 Å². The molecule has 4 rings (SSSR count). The minimum absolute atomic E-state index is 0.00535. The Hall–Kier alpha value is -3.19. The molecule has 1 N–H and O–H groups in total. The highest BCUT2D eigenvalue weighted by Gasteiger charge is 2.62. The van der Waals surface area contributed by atoms with Crippen molar-refractivity contribution >= 4 is 29.1 Å². The van der Waals surface area contributed by atoms with Gasteiger partial charge in [0, 0.05) is 52.0 Å². The third-order valence-electron chi connectivity index (χ3n) is 8.44. The fourth-order valence-electron chi connectivity index (χ4n) is 5.83. The molecule has 0 aromatic heterocycles. The molecular weight excluding hydrogens is 604 g/mol. The molecule has 14 heteroatoms. The van der Waals surface area contributed by atoms with Gasteiger partial charge in [-0.05, 0) is 67.3 Å². The first kappa shape index (κ1) is 32.7. The van der Waals surface area contributed by atoms with Crippen LogP contribution in [-0.4, -0.2) is 80.0 Å². The number of carbonyl (C=O) groups is 2. The second kappa shape index (κ2) is 11.7. The summed E-state index contributed by atoms with van der Waals surface area (Å²) in [7, 11) is 4.41. The molecule has 1 heterocycles. The van der Waals surface area contributed by atoms with E-state index in [9.17, 15) is 41.0 Å². The number of amides is 2. The van der Waals surface area contributed by atoms with Gasteiger partial charge in [0.15, 0.2) is 0 Å². The molecule has 236 valence electrons. The summed E-state index contributed by atoms with van der Waals surface area (Å²) in [4.78, 5) is 29.6. The molecule has 0 radical (unpaired) electrons. The van der Waals surface area contributed by atoms with Gasteiger partial charge in [0.05, 0.1) is 10.6 Å². The van der Waals surface area contributed by atoms with Crippen LogP contribution in [0.25, 0.3) is 0 Å². The minimum atomic E-state index is -5.51. The molecule has 0 unspecified atom stereocenters. The largest absolute Gasteiger partial charge is 0.573 e. The first-order valence-corrected chi connectivity index (χ1v) is 13.9. The minimum Gasteiger partial charge on any atom is -0.406 e. The normalized spacial score (nSPS) is 19.5. The Morgan fingerprint density at radius 2 is 1.70 bits per heavy atom. The number of piperidine rings is 1. The number of carbonyl (C=O) groups excluding carboxylic acids is 2. The number of likely N-dealkylation sites (N-methyl/N-ethyl adjacent to an activating group) is 1. The molecule has 2 atom stereocenters. The molecule has 43 heavy (non-hydrogen) atoms. The maximum atomic E-state index is 14.1. The van der Waals surface area contributed by atoms with Crippen LogP contribution in [0.5, 0.6) is 5.75 Å². The predicted molar refractivity (Wildman–Crippen MR) is 147 cm³/mol. The third-order valence-corrected chi connectivity index (χ3v) is 8.75. The van der Waals surface area contributed by atoms with Crippen LogP contribution in [0, 0.1) is 11.3 Å². The van der Waals surface area contributed by atoms with Crippen molar-refractivity contribution in [1.29, 1.82) is 0 Å². The Kier molecular flexibility index (Phi) is 8.92. The van der Waals surface area contributed by atoms with Gasteiger partial charge < -0.3 is 24.5 Å². The summed E-state index contributed by atoms with van der Waals surface area (Å²) in [6.45, 7) is 1.35. The van der Waals surface area contributed by atoms with Crippen LogP contribution in [0.1, 0.15) is 41.6 Å².